The number of carbonyl (C=O) groups is 1. The van der Waals surface area contributed by atoms with E-state index in [-0.39, 0.29) is 41.6 Å². The van der Waals surface area contributed by atoms with Gasteiger partial charge in [-0.2, -0.15) is 5.10 Å². The van der Waals surface area contributed by atoms with E-state index in [0.717, 1.165) is 0 Å². The number of para-hydroxylation sites is 2. The Morgan fingerprint density at radius 1 is 1.03 bits per heavy atom. The lowest BCUT2D eigenvalue weighted by Crippen LogP contribution is -2.29. The van der Waals surface area contributed by atoms with Crippen molar-refractivity contribution in [1.29, 1.82) is 0 Å². The van der Waals surface area contributed by atoms with Crippen molar-refractivity contribution >= 4 is 34.5 Å². The van der Waals surface area contributed by atoms with Crippen LogP contribution in [0.4, 0.5) is 10.1 Å². The predicted molar refractivity (Wildman–Crippen MR) is 133 cm³/mol. The Morgan fingerprint density at radius 3 is 2.57 bits per heavy atom. The molecular formula is C27H22FN3O4. The summed E-state index contributed by atoms with van der Waals surface area (Å²) in [7, 11) is 0. The Balaban J connectivity index is 0.000000917. The molecule has 35 heavy (non-hydrogen) atoms. The summed E-state index contributed by atoms with van der Waals surface area (Å²) in [5.41, 5.74) is 2.57. The van der Waals surface area contributed by atoms with Crippen molar-refractivity contribution in [2.45, 2.75) is 13.5 Å². The highest BCUT2D eigenvalue weighted by Crippen LogP contribution is 2.30. The summed E-state index contributed by atoms with van der Waals surface area (Å²) in [6.45, 7) is 2.13. The summed E-state index contributed by atoms with van der Waals surface area (Å²) in [5, 5.41) is 16.1. The zero-order valence-electron chi connectivity index (χ0n) is 18.9. The smallest absolute Gasteiger partial charge is 0.279 e. The second-order valence-corrected chi connectivity index (χ2v) is 7.56. The van der Waals surface area contributed by atoms with Gasteiger partial charge in [-0.05, 0) is 42.8 Å². The molecule has 0 aliphatic carbocycles. The van der Waals surface area contributed by atoms with E-state index in [1.165, 1.54) is 29.5 Å². The second kappa shape index (κ2) is 10.7. The van der Waals surface area contributed by atoms with Gasteiger partial charge in [0.25, 0.3) is 5.91 Å². The maximum Gasteiger partial charge on any atom is 0.279 e. The van der Waals surface area contributed by atoms with Crippen LogP contribution in [0.1, 0.15) is 23.6 Å². The molecule has 0 radical (unpaired) electrons. The molecule has 2 heterocycles. The van der Waals surface area contributed by atoms with Crippen LogP contribution in [0.25, 0.3) is 11.0 Å². The Hall–Kier alpha value is -4.43. The number of hydrogen-bond acceptors (Lipinski definition) is 6. The quantitative estimate of drug-likeness (QED) is 0.355. The summed E-state index contributed by atoms with van der Waals surface area (Å²) in [6.07, 6.45) is 2.59. The third-order valence-electron chi connectivity index (χ3n) is 5.19. The largest absolute Gasteiger partial charge is 0.463 e. The van der Waals surface area contributed by atoms with Crippen molar-refractivity contribution in [3.8, 4) is 0 Å². The van der Waals surface area contributed by atoms with E-state index < -0.39 is 0 Å². The minimum atomic E-state index is -0.366. The molecule has 3 aromatic carbocycles. The standard InChI is InChI=1S/C25H16FN3O3.C2H6O/c26-18-7-5-6-16(12-18)14-29-21-10-3-1-8-19(21)23(25(29)31)28-27-13-17-15-32-22-11-4-2-9-20(22)24(17)30;1-2-3/h1-13,15H,14H2;3H,2H2,1H3/b27-13+,28-23-;. The van der Waals surface area contributed by atoms with Gasteiger partial charge in [-0.25, -0.2) is 4.39 Å². The van der Waals surface area contributed by atoms with Gasteiger partial charge < -0.3 is 14.4 Å². The third kappa shape index (κ3) is 5.07. The van der Waals surface area contributed by atoms with Crippen LogP contribution in [-0.4, -0.2) is 29.5 Å². The highest BCUT2D eigenvalue weighted by atomic mass is 19.1. The maximum absolute atomic E-state index is 13.6. The molecule has 1 amide bonds. The van der Waals surface area contributed by atoms with Gasteiger partial charge in [0, 0.05) is 12.2 Å². The topological polar surface area (TPSA) is 95.5 Å². The van der Waals surface area contributed by atoms with Crippen molar-refractivity contribution in [3.05, 3.63) is 112 Å². The average Bonchev–Trinajstić information content (AvgIpc) is 3.12. The monoisotopic (exact) mass is 471 g/mol. The molecule has 1 N–H and O–H groups in total. The fourth-order valence-corrected chi connectivity index (χ4v) is 3.66. The molecule has 0 atom stereocenters. The number of anilines is 1. The van der Waals surface area contributed by atoms with Crippen molar-refractivity contribution < 1.29 is 18.7 Å². The average molecular weight is 471 g/mol. The lowest BCUT2D eigenvalue weighted by atomic mass is 10.1. The molecular weight excluding hydrogens is 449 g/mol. The third-order valence-corrected chi connectivity index (χ3v) is 5.19. The summed E-state index contributed by atoms with van der Waals surface area (Å²) in [6, 6.07) is 20.2. The van der Waals surface area contributed by atoms with E-state index in [2.05, 4.69) is 10.2 Å². The summed E-state index contributed by atoms with van der Waals surface area (Å²) in [4.78, 5) is 27.2. The van der Waals surface area contributed by atoms with Gasteiger partial charge in [0.2, 0.25) is 5.43 Å². The summed E-state index contributed by atoms with van der Waals surface area (Å²) in [5.74, 6) is -0.715. The lowest BCUT2D eigenvalue weighted by molar-refractivity contribution is -0.112. The molecule has 1 aromatic heterocycles. The molecule has 0 unspecified atom stereocenters. The molecule has 5 rings (SSSR count). The van der Waals surface area contributed by atoms with E-state index in [1.54, 1.807) is 61.5 Å². The number of amides is 1. The maximum atomic E-state index is 13.6. The highest BCUT2D eigenvalue weighted by molar-refractivity contribution is 6.54. The number of aliphatic hydroxyl groups excluding tert-OH is 1. The number of carbonyl (C=O) groups excluding carboxylic acids is 1. The molecule has 8 heteroatoms. The van der Waals surface area contributed by atoms with Crippen LogP contribution in [-0.2, 0) is 11.3 Å². The van der Waals surface area contributed by atoms with E-state index in [1.807, 2.05) is 6.07 Å². The Bertz CT molecular complexity index is 1490. The number of halogens is 1. The van der Waals surface area contributed by atoms with Crippen LogP contribution in [0.15, 0.2) is 98.5 Å². The molecule has 176 valence electrons. The van der Waals surface area contributed by atoms with Crippen LogP contribution < -0.4 is 10.3 Å². The normalized spacial score (nSPS) is 13.9. The molecule has 1 aliphatic rings. The van der Waals surface area contributed by atoms with E-state index in [4.69, 9.17) is 9.52 Å². The Kier molecular flexibility index (Phi) is 7.23. The van der Waals surface area contributed by atoms with Crippen molar-refractivity contribution in [1.82, 2.24) is 0 Å². The minimum absolute atomic E-state index is 0.151. The minimum Gasteiger partial charge on any atom is -0.463 e. The molecule has 7 nitrogen and oxygen atoms in total. The van der Waals surface area contributed by atoms with E-state index >= 15 is 0 Å². The summed E-state index contributed by atoms with van der Waals surface area (Å²) >= 11 is 0. The Morgan fingerprint density at radius 2 is 1.77 bits per heavy atom. The number of hydrogen-bond donors (Lipinski definition) is 1. The molecule has 4 aromatic rings. The highest BCUT2D eigenvalue weighted by Gasteiger charge is 2.33. The van der Waals surface area contributed by atoms with Gasteiger partial charge in [0.1, 0.15) is 17.7 Å². The molecule has 0 saturated carbocycles. The molecule has 0 bridgehead atoms. The van der Waals surface area contributed by atoms with Crippen molar-refractivity contribution in [2.75, 3.05) is 11.5 Å². The zero-order valence-corrected chi connectivity index (χ0v) is 18.9. The first kappa shape index (κ1) is 23.7. The van der Waals surface area contributed by atoms with Crippen molar-refractivity contribution in [3.63, 3.8) is 0 Å². The molecule has 1 aliphatic heterocycles. The van der Waals surface area contributed by atoms with E-state index in [0.29, 0.717) is 27.8 Å². The van der Waals surface area contributed by atoms with Gasteiger partial charge in [0.05, 0.1) is 29.4 Å². The summed E-state index contributed by atoms with van der Waals surface area (Å²) < 4.78 is 19.1. The predicted octanol–water partition coefficient (Wildman–Crippen LogP) is 4.30. The first-order valence-corrected chi connectivity index (χ1v) is 10.9. The second-order valence-electron chi connectivity index (χ2n) is 7.56. The van der Waals surface area contributed by atoms with Gasteiger partial charge in [0.15, 0.2) is 5.71 Å². The van der Waals surface area contributed by atoms with Gasteiger partial charge in [-0.3, -0.25) is 9.59 Å². The lowest BCUT2D eigenvalue weighted by Gasteiger charge is -2.16. The SMILES string of the molecule is CCO.O=C1/C(=N\N=C\c2coc3ccccc3c2=O)c2ccccc2N1Cc1cccc(F)c1. The van der Waals surface area contributed by atoms with Gasteiger partial charge in [-0.1, -0.05) is 42.5 Å². The first-order chi connectivity index (χ1) is 17.0. The number of rotatable bonds is 4. The van der Waals surface area contributed by atoms with Gasteiger partial charge >= 0.3 is 0 Å². The molecule has 0 fully saturated rings. The van der Waals surface area contributed by atoms with Crippen LogP contribution in [0.2, 0.25) is 0 Å². The Labute approximate surface area is 200 Å². The number of nitrogens with zero attached hydrogens (tertiary/aromatic N) is 3. The first-order valence-electron chi connectivity index (χ1n) is 10.9. The van der Waals surface area contributed by atoms with Gasteiger partial charge in [-0.15, -0.1) is 5.10 Å². The molecule has 0 spiro atoms. The fraction of sp³-hybridized carbons (Fsp3) is 0.111. The van der Waals surface area contributed by atoms with Crippen LogP contribution in [0, 0.1) is 5.82 Å². The van der Waals surface area contributed by atoms with Crippen LogP contribution in [0.5, 0.6) is 0 Å². The van der Waals surface area contributed by atoms with Crippen molar-refractivity contribution in [2.24, 2.45) is 10.2 Å². The zero-order chi connectivity index (χ0) is 24.8. The fourth-order valence-electron chi connectivity index (χ4n) is 3.66. The number of benzene rings is 3. The number of aliphatic hydroxyl groups is 1. The number of fused-ring (bicyclic) bond motifs is 2. The van der Waals surface area contributed by atoms with Crippen LogP contribution >= 0.6 is 0 Å². The van der Waals surface area contributed by atoms with Crippen LogP contribution in [0.3, 0.4) is 0 Å². The van der Waals surface area contributed by atoms with E-state index in [9.17, 15) is 14.0 Å². The molecule has 0 saturated heterocycles.